The summed E-state index contributed by atoms with van der Waals surface area (Å²) >= 11 is 12.4. The van der Waals surface area contributed by atoms with Gasteiger partial charge < -0.3 is 15.2 Å². The quantitative estimate of drug-likeness (QED) is 0.611. The molecular weight excluding hydrogens is 397 g/mol. The molecule has 2 atom stereocenters. The van der Waals surface area contributed by atoms with Crippen LogP contribution in [0.1, 0.15) is 35.4 Å². The molecule has 4 nitrogen and oxygen atoms in total. The summed E-state index contributed by atoms with van der Waals surface area (Å²) < 4.78 is 5.77. The highest BCUT2D eigenvalue weighted by Crippen LogP contribution is 2.34. The third kappa shape index (κ3) is 5.19. The summed E-state index contributed by atoms with van der Waals surface area (Å²) in [7, 11) is 0. The van der Waals surface area contributed by atoms with Crippen molar-refractivity contribution in [3.63, 3.8) is 0 Å². The molecule has 6 heteroatoms. The largest absolute Gasteiger partial charge is 0.490 e. The number of aliphatic carboxylic acids is 1. The topological polar surface area (TPSA) is 58.6 Å². The van der Waals surface area contributed by atoms with E-state index in [9.17, 15) is 9.90 Å². The van der Waals surface area contributed by atoms with Crippen molar-refractivity contribution >= 4 is 29.2 Å². The Morgan fingerprint density at radius 1 is 1.21 bits per heavy atom. The summed E-state index contributed by atoms with van der Waals surface area (Å²) in [4.78, 5) is 11.5. The van der Waals surface area contributed by atoms with Crippen molar-refractivity contribution in [1.29, 1.82) is 0 Å². The lowest BCUT2D eigenvalue weighted by atomic mass is 9.81. The predicted octanol–water partition coefficient (Wildman–Crippen LogP) is 5.09. The molecule has 0 spiro atoms. The molecule has 1 aliphatic rings. The first-order chi connectivity index (χ1) is 13.5. The molecule has 1 saturated heterocycles. The average molecular weight is 422 g/mol. The minimum atomic E-state index is -0.730. The van der Waals surface area contributed by atoms with Crippen molar-refractivity contribution in [1.82, 2.24) is 5.32 Å². The van der Waals surface area contributed by atoms with Crippen LogP contribution in [0.25, 0.3) is 0 Å². The standard InChI is InChI=1S/C22H25Cl2NO3/c1-14-11-19(23)21(20(24)12-14)28-10-2-3-15-4-6-16(7-5-15)17-8-9-25-13-18(17)22(26)27/h4-7,11-12,17-18,25H,2-3,8-10,13H2,1H3,(H,26,27). The molecule has 1 fully saturated rings. The van der Waals surface area contributed by atoms with E-state index in [0.717, 1.165) is 36.9 Å². The molecule has 2 N–H and O–H groups in total. The van der Waals surface area contributed by atoms with E-state index in [-0.39, 0.29) is 11.8 Å². The summed E-state index contributed by atoms with van der Waals surface area (Å²) in [5, 5.41) is 13.7. The van der Waals surface area contributed by atoms with Crippen LogP contribution in [-0.2, 0) is 11.2 Å². The minimum absolute atomic E-state index is 0.0713. The van der Waals surface area contributed by atoms with Crippen molar-refractivity contribution in [3.8, 4) is 5.75 Å². The van der Waals surface area contributed by atoms with E-state index >= 15 is 0 Å². The molecule has 0 amide bonds. The number of hydrogen-bond acceptors (Lipinski definition) is 3. The van der Waals surface area contributed by atoms with Gasteiger partial charge in [-0.1, -0.05) is 47.5 Å². The zero-order valence-corrected chi connectivity index (χ0v) is 17.4. The highest BCUT2D eigenvalue weighted by atomic mass is 35.5. The maximum Gasteiger partial charge on any atom is 0.308 e. The van der Waals surface area contributed by atoms with Gasteiger partial charge in [0.15, 0.2) is 5.75 Å². The van der Waals surface area contributed by atoms with Gasteiger partial charge in [-0.3, -0.25) is 4.79 Å². The van der Waals surface area contributed by atoms with E-state index in [1.54, 1.807) is 0 Å². The number of piperidine rings is 1. The molecular formula is C22H25Cl2NO3. The van der Waals surface area contributed by atoms with Gasteiger partial charge in [-0.25, -0.2) is 0 Å². The SMILES string of the molecule is Cc1cc(Cl)c(OCCCc2ccc(C3CCNCC3C(=O)O)cc2)c(Cl)c1. The number of carbonyl (C=O) groups is 1. The van der Waals surface area contributed by atoms with Gasteiger partial charge in [0.1, 0.15) is 0 Å². The predicted molar refractivity (Wildman–Crippen MR) is 113 cm³/mol. The molecule has 2 aromatic rings. The highest BCUT2D eigenvalue weighted by molar-refractivity contribution is 6.37. The lowest BCUT2D eigenvalue weighted by Crippen LogP contribution is -2.39. The second-order valence-electron chi connectivity index (χ2n) is 7.30. The average Bonchev–Trinajstić information content (AvgIpc) is 2.67. The van der Waals surface area contributed by atoms with Crippen LogP contribution in [0.3, 0.4) is 0 Å². The minimum Gasteiger partial charge on any atom is -0.490 e. The molecule has 0 radical (unpaired) electrons. The summed E-state index contributed by atoms with van der Waals surface area (Å²) in [6.07, 6.45) is 2.56. The van der Waals surface area contributed by atoms with Crippen molar-refractivity contribution < 1.29 is 14.6 Å². The molecule has 1 aliphatic heterocycles. The van der Waals surface area contributed by atoms with Crippen LogP contribution in [0.2, 0.25) is 10.0 Å². The van der Waals surface area contributed by atoms with Gasteiger partial charge in [-0.2, -0.15) is 0 Å². The molecule has 0 bridgehead atoms. The van der Waals surface area contributed by atoms with E-state index in [1.807, 2.05) is 19.1 Å². The van der Waals surface area contributed by atoms with E-state index in [4.69, 9.17) is 27.9 Å². The Morgan fingerprint density at radius 3 is 2.54 bits per heavy atom. The molecule has 0 aliphatic carbocycles. The van der Waals surface area contributed by atoms with Crippen molar-refractivity contribution in [2.75, 3.05) is 19.7 Å². The number of ether oxygens (including phenoxy) is 1. The summed E-state index contributed by atoms with van der Waals surface area (Å²) in [5.74, 6) is -0.485. The Morgan fingerprint density at radius 2 is 1.89 bits per heavy atom. The molecule has 3 rings (SSSR count). The zero-order valence-electron chi connectivity index (χ0n) is 15.9. The molecule has 28 heavy (non-hydrogen) atoms. The van der Waals surface area contributed by atoms with Gasteiger partial charge in [0, 0.05) is 6.54 Å². The second kappa shape index (κ2) is 9.64. The fraction of sp³-hybridized carbons (Fsp3) is 0.409. The Bertz CT molecular complexity index is 800. The van der Waals surface area contributed by atoms with Crippen LogP contribution in [0.4, 0.5) is 0 Å². The highest BCUT2D eigenvalue weighted by Gasteiger charge is 2.31. The van der Waals surface area contributed by atoms with Crippen LogP contribution < -0.4 is 10.1 Å². The first-order valence-corrected chi connectivity index (χ1v) is 10.3. The molecule has 0 aromatic heterocycles. The molecule has 2 unspecified atom stereocenters. The maximum absolute atomic E-state index is 11.5. The van der Waals surface area contributed by atoms with Crippen LogP contribution in [0, 0.1) is 12.8 Å². The third-order valence-corrected chi connectivity index (χ3v) is 5.77. The van der Waals surface area contributed by atoms with E-state index in [0.29, 0.717) is 28.9 Å². The van der Waals surface area contributed by atoms with Crippen molar-refractivity contribution in [2.45, 2.75) is 32.1 Å². The third-order valence-electron chi connectivity index (χ3n) is 5.21. The number of halogens is 2. The first kappa shape index (κ1) is 21.0. The number of carboxylic acid groups (broad SMARTS) is 1. The van der Waals surface area contributed by atoms with Crippen LogP contribution in [-0.4, -0.2) is 30.8 Å². The number of hydrogen-bond donors (Lipinski definition) is 2. The maximum atomic E-state index is 11.5. The first-order valence-electron chi connectivity index (χ1n) is 9.56. The van der Waals surface area contributed by atoms with Gasteiger partial charge >= 0.3 is 5.97 Å². The van der Waals surface area contributed by atoms with Crippen LogP contribution in [0.15, 0.2) is 36.4 Å². The van der Waals surface area contributed by atoms with Gasteiger partial charge in [-0.15, -0.1) is 0 Å². The fourth-order valence-corrected chi connectivity index (χ4v) is 4.43. The molecule has 150 valence electrons. The van der Waals surface area contributed by atoms with Crippen molar-refractivity contribution in [3.05, 3.63) is 63.1 Å². The summed E-state index contributed by atoms with van der Waals surface area (Å²) in [6, 6.07) is 12.0. The normalized spacial score (nSPS) is 19.4. The van der Waals surface area contributed by atoms with E-state index in [2.05, 4.69) is 29.6 Å². The second-order valence-corrected chi connectivity index (χ2v) is 8.11. The summed E-state index contributed by atoms with van der Waals surface area (Å²) in [5.41, 5.74) is 3.31. The van der Waals surface area contributed by atoms with Gasteiger partial charge in [0.2, 0.25) is 0 Å². The summed E-state index contributed by atoms with van der Waals surface area (Å²) in [6.45, 7) is 3.86. The van der Waals surface area contributed by atoms with Crippen LogP contribution >= 0.6 is 23.2 Å². The number of benzene rings is 2. The van der Waals surface area contributed by atoms with Crippen molar-refractivity contribution in [2.24, 2.45) is 5.92 Å². The van der Waals surface area contributed by atoms with E-state index in [1.165, 1.54) is 5.56 Å². The zero-order chi connectivity index (χ0) is 20.1. The van der Waals surface area contributed by atoms with Gasteiger partial charge in [0.25, 0.3) is 0 Å². The Balaban J connectivity index is 1.53. The molecule has 2 aromatic carbocycles. The number of aryl methyl sites for hydroxylation is 2. The Hall–Kier alpha value is -1.75. The molecule has 1 heterocycles. The number of nitrogens with one attached hydrogen (secondary N) is 1. The monoisotopic (exact) mass is 421 g/mol. The number of rotatable bonds is 7. The Labute approximate surface area is 175 Å². The Kier molecular flexibility index (Phi) is 7.22. The van der Waals surface area contributed by atoms with Crippen LogP contribution in [0.5, 0.6) is 5.75 Å². The fourth-order valence-electron chi connectivity index (χ4n) is 3.72. The lowest BCUT2D eigenvalue weighted by molar-refractivity contribution is -0.142. The lowest BCUT2D eigenvalue weighted by Gasteiger charge is -2.29. The smallest absolute Gasteiger partial charge is 0.308 e. The van der Waals surface area contributed by atoms with Gasteiger partial charge in [-0.05, 0) is 67.5 Å². The molecule has 0 saturated carbocycles. The number of carboxylic acids is 1. The van der Waals surface area contributed by atoms with E-state index < -0.39 is 5.97 Å². The van der Waals surface area contributed by atoms with Gasteiger partial charge in [0.05, 0.1) is 22.6 Å².